The Bertz CT molecular complexity index is 1350. The van der Waals surface area contributed by atoms with Gasteiger partial charge in [-0.15, -0.1) is 0 Å². The molecule has 8 nitrogen and oxygen atoms in total. The third kappa shape index (κ3) is 3.44. The van der Waals surface area contributed by atoms with Gasteiger partial charge in [0.15, 0.2) is 0 Å². The van der Waals surface area contributed by atoms with Gasteiger partial charge in [0.1, 0.15) is 11.5 Å². The summed E-state index contributed by atoms with van der Waals surface area (Å²) in [4.78, 5) is 23.1. The summed E-state index contributed by atoms with van der Waals surface area (Å²) >= 11 is 0. The highest BCUT2D eigenvalue weighted by molar-refractivity contribution is 6.16. The molecule has 2 aromatic carbocycles. The molecule has 1 saturated heterocycles. The number of imidazole rings is 1. The zero-order valence-electron chi connectivity index (χ0n) is 18.1. The number of nitrogens with zero attached hydrogens (tertiary/aromatic N) is 3. The smallest absolute Gasteiger partial charge is 0.275 e. The first-order chi connectivity index (χ1) is 16.2. The maximum atomic E-state index is 15.5. The average molecular weight is 470 g/mol. The second kappa shape index (κ2) is 7.79. The van der Waals surface area contributed by atoms with Crippen molar-refractivity contribution < 1.29 is 22.7 Å². The molecular weight excluding hydrogens is 449 g/mol. The number of hydrogen-bond acceptors (Lipinski definition) is 6. The number of rotatable bonds is 4. The van der Waals surface area contributed by atoms with E-state index >= 15 is 4.39 Å². The van der Waals surface area contributed by atoms with Gasteiger partial charge in [-0.2, -0.15) is 0 Å². The third-order valence-electron chi connectivity index (χ3n) is 6.22. The number of H-pyrrole nitrogens is 1. The van der Waals surface area contributed by atoms with Crippen LogP contribution in [0.5, 0.6) is 0 Å². The number of carbonyl (C=O) groups excluding carboxylic acids is 1. The van der Waals surface area contributed by atoms with Gasteiger partial charge in [-0.3, -0.25) is 15.1 Å². The molecule has 0 bridgehead atoms. The van der Waals surface area contributed by atoms with Crippen molar-refractivity contribution in [2.24, 2.45) is 5.73 Å². The molecule has 3 aromatic rings. The minimum atomic E-state index is -2.83. The Balaban J connectivity index is 1.60. The van der Waals surface area contributed by atoms with Crippen LogP contribution in [0.1, 0.15) is 18.0 Å². The van der Waals surface area contributed by atoms with Crippen LogP contribution in [0.2, 0.25) is 0 Å². The minimum Gasteiger partial charge on any atom is -0.481 e. The molecular formula is C23H21F3N6O2. The number of anilines is 2. The van der Waals surface area contributed by atoms with Gasteiger partial charge in [-0.1, -0.05) is 6.07 Å². The third-order valence-corrected chi connectivity index (χ3v) is 6.22. The largest absolute Gasteiger partial charge is 0.481 e. The molecule has 1 amide bonds. The van der Waals surface area contributed by atoms with Crippen LogP contribution in [-0.2, 0) is 9.53 Å². The lowest BCUT2D eigenvalue weighted by atomic mass is 9.97. The number of nitrogens with two attached hydrogens (primary N) is 1. The second-order valence-corrected chi connectivity index (χ2v) is 8.28. The quantitative estimate of drug-likeness (QED) is 0.399. The average Bonchev–Trinajstić information content (AvgIpc) is 3.49. The number of hydrogen-bond donors (Lipinski definition) is 3. The maximum absolute atomic E-state index is 15.5. The molecule has 0 aliphatic carbocycles. The number of nitrogens with one attached hydrogen (secondary N) is 2. The monoisotopic (exact) mass is 470 g/mol. The fourth-order valence-corrected chi connectivity index (χ4v) is 4.52. The number of amides is 1. The van der Waals surface area contributed by atoms with E-state index < -0.39 is 30.2 Å². The molecule has 1 aromatic heterocycles. The Hall–Kier alpha value is -4.02. The number of aromatic amines is 1. The number of halogens is 3. The standard InChI is InChI=1S/C23H21F3N6O2/c1-34-21(28)18-19(27)22(33)32(13-3-5-16-17(9-13)30-11-29-16)20(18)14-4-2-12(8-15(14)24)31-7-6-23(25,26)10-31/h2-5,8-9,11,20,28H,6-7,10,27H2,1H3,(H,29,30). The number of aromatic nitrogens is 2. The number of fused-ring (bicyclic) bond motifs is 1. The topological polar surface area (TPSA) is 111 Å². The highest BCUT2D eigenvalue weighted by atomic mass is 19.3. The summed E-state index contributed by atoms with van der Waals surface area (Å²) in [5.41, 5.74) is 7.98. The summed E-state index contributed by atoms with van der Waals surface area (Å²) in [6.45, 7) is -0.383. The molecule has 0 saturated carbocycles. The Kier molecular flexibility index (Phi) is 4.99. The normalized spacial score (nSPS) is 20.0. The van der Waals surface area contributed by atoms with E-state index in [2.05, 4.69) is 9.97 Å². The molecule has 4 N–H and O–H groups in total. The van der Waals surface area contributed by atoms with Crippen LogP contribution in [0.4, 0.5) is 24.5 Å². The molecule has 2 aliphatic rings. The van der Waals surface area contributed by atoms with Crippen molar-refractivity contribution in [3.05, 3.63) is 65.4 Å². The Labute approximate surface area is 192 Å². The molecule has 1 atom stereocenters. The molecule has 176 valence electrons. The van der Waals surface area contributed by atoms with Gasteiger partial charge < -0.3 is 20.4 Å². The number of benzene rings is 2. The van der Waals surface area contributed by atoms with E-state index in [9.17, 15) is 13.6 Å². The maximum Gasteiger partial charge on any atom is 0.275 e. The predicted octanol–water partition coefficient (Wildman–Crippen LogP) is 3.47. The number of ether oxygens (including phenoxy) is 1. The minimum absolute atomic E-state index is 0.0222. The van der Waals surface area contributed by atoms with E-state index in [4.69, 9.17) is 15.9 Å². The van der Waals surface area contributed by atoms with Crippen molar-refractivity contribution in [3.8, 4) is 0 Å². The van der Waals surface area contributed by atoms with Gasteiger partial charge in [-0.25, -0.2) is 18.2 Å². The van der Waals surface area contributed by atoms with Gasteiger partial charge >= 0.3 is 0 Å². The van der Waals surface area contributed by atoms with E-state index in [0.717, 1.165) is 5.52 Å². The van der Waals surface area contributed by atoms with E-state index in [1.165, 1.54) is 41.4 Å². The molecule has 0 radical (unpaired) electrons. The first-order valence-corrected chi connectivity index (χ1v) is 10.5. The van der Waals surface area contributed by atoms with Crippen LogP contribution in [0.25, 0.3) is 11.0 Å². The number of carbonyl (C=O) groups is 1. The van der Waals surface area contributed by atoms with Crippen LogP contribution in [0, 0.1) is 11.2 Å². The number of alkyl halides is 2. The molecule has 2 aliphatic heterocycles. The summed E-state index contributed by atoms with van der Waals surface area (Å²) in [6, 6.07) is 8.08. The van der Waals surface area contributed by atoms with Crippen LogP contribution in [0.15, 0.2) is 54.0 Å². The van der Waals surface area contributed by atoms with Gasteiger partial charge in [0, 0.05) is 29.9 Å². The molecule has 5 rings (SSSR count). The Morgan fingerprint density at radius 1 is 1.26 bits per heavy atom. The SMILES string of the molecule is COC(=N)C1=C(N)C(=O)N(c2ccc3[nH]cnc3c2)C1c1ccc(N2CCC(F)(F)C2)cc1F. The first kappa shape index (κ1) is 21.8. The number of methoxy groups -OCH3 is 1. The second-order valence-electron chi connectivity index (χ2n) is 8.28. The van der Waals surface area contributed by atoms with Crippen LogP contribution < -0.4 is 15.5 Å². The Morgan fingerprint density at radius 2 is 2.03 bits per heavy atom. The summed E-state index contributed by atoms with van der Waals surface area (Å²) < 4.78 is 47.8. The molecule has 1 unspecified atom stereocenters. The van der Waals surface area contributed by atoms with Crippen molar-refractivity contribution in [1.29, 1.82) is 5.41 Å². The molecule has 34 heavy (non-hydrogen) atoms. The Morgan fingerprint density at radius 3 is 2.71 bits per heavy atom. The van der Waals surface area contributed by atoms with Crippen LogP contribution >= 0.6 is 0 Å². The van der Waals surface area contributed by atoms with Gasteiger partial charge in [0.25, 0.3) is 11.8 Å². The van der Waals surface area contributed by atoms with Crippen molar-refractivity contribution >= 4 is 34.2 Å². The highest BCUT2D eigenvalue weighted by Gasteiger charge is 2.44. The lowest BCUT2D eigenvalue weighted by Crippen LogP contribution is -2.32. The first-order valence-electron chi connectivity index (χ1n) is 10.5. The molecule has 0 spiro atoms. The summed E-state index contributed by atoms with van der Waals surface area (Å²) in [5, 5.41) is 8.22. The zero-order chi connectivity index (χ0) is 24.2. The lowest BCUT2D eigenvalue weighted by Gasteiger charge is -2.28. The molecule has 1 fully saturated rings. The van der Waals surface area contributed by atoms with Crippen LogP contribution in [0.3, 0.4) is 0 Å². The van der Waals surface area contributed by atoms with Crippen molar-refractivity contribution in [3.63, 3.8) is 0 Å². The zero-order valence-corrected chi connectivity index (χ0v) is 18.1. The highest BCUT2D eigenvalue weighted by Crippen LogP contribution is 2.43. The van der Waals surface area contributed by atoms with Crippen molar-refractivity contribution in [2.75, 3.05) is 30.0 Å². The summed E-state index contributed by atoms with van der Waals surface area (Å²) in [7, 11) is 1.26. The van der Waals surface area contributed by atoms with E-state index in [0.29, 0.717) is 16.9 Å². The molecule has 11 heteroatoms. The van der Waals surface area contributed by atoms with E-state index in [1.807, 2.05) is 0 Å². The molecule has 3 heterocycles. The fraction of sp³-hybridized carbons (Fsp3) is 0.261. The van der Waals surface area contributed by atoms with E-state index in [1.54, 1.807) is 18.2 Å². The van der Waals surface area contributed by atoms with Gasteiger partial charge in [-0.05, 0) is 30.3 Å². The lowest BCUT2D eigenvalue weighted by molar-refractivity contribution is -0.114. The van der Waals surface area contributed by atoms with Crippen molar-refractivity contribution in [2.45, 2.75) is 18.4 Å². The predicted molar refractivity (Wildman–Crippen MR) is 120 cm³/mol. The van der Waals surface area contributed by atoms with Gasteiger partial charge in [0.05, 0.1) is 42.6 Å². The van der Waals surface area contributed by atoms with Gasteiger partial charge in [0.2, 0.25) is 5.90 Å². The fourth-order valence-electron chi connectivity index (χ4n) is 4.52. The van der Waals surface area contributed by atoms with Crippen molar-refractivity contribution in [1.82, 2.24) is 9.97 Å². The summed E-state index contributed by atoms with van der Waals surface area (Å²) in [6.07, 6.45) is 1.21. The van der Waals surface area contributed by atoms with E-state index in [-0.39, 0.29) is 35.7 Å². The van der Waals surface area contributed by atoms with Crippen LogP contribution in [-0.4, -0.2) is 47.9 Å². The summed E-state index contributed by atoms with van der Waals surface area (Å²) in [5.74, 6) is -4.53.